The number of fused-ring (bicyclic) bond motifs is 2. The summed E-state index contributed by atoms with van der Waals surface area (Å²) in [5.41, 5.74) is -0.991. The van der Waals surface area contributed by atoms with Crippen molar-refractivity contribution in [2.75, 3.05) is 0 Å². The van der Waals surface area contributed by atoms with E-state index in [0.29, 0.717) is 6.42 Å². The van der Waals surface area contributed by atoms with E-state index < -0.39 is 11.6 Å². The van der Waals surface area contributed by atoms with Crippen molar-refractivity contribution in [1.29, 1.82) is 0 Å². The normalized spacial score (nSPS) is 64.2. The molecule has 0 aromatic rings. The van der Waals surface area contributed by atoms with E-state index >= 15 is 0 Å². The average Bonchev–Trinajstić information content (AvgIpc) is 2.87. The second-order valence-electron chi connectivity index (χ2n) is 8.40. The van der Waals surface area contributed by atoms with Gasteiger partial charge in [0.15, 0.2) is 0 Å². The first-order valence-electron chi connectivity index (χ1n) is 8.81. The van der Waals surface area contributed by atoms with Crippen LogP contribution in [-0.2, 0) is 23.7 Å². The molecule has 6 rings (SSSR count). The van der Waals surface area contributed by atoms with Gasteiger partial charge in [0.2, 0.25) is 0 Å². The van der Waals surface area contributed by atoms with Crippen LogP contribution in [0, 0.1) is 11.8 Å². The number of ether oxygens (including phenoxy) is 4. The van der Waals surface area contributed by atoms with Crippen molar-refractivity contribution < 1.29 is 23.7 Å². The molecule has 3 heterocycles. The van der Waals surface area contributed by atoms with Gasteiger partial charge in [-0.1, -0.05) is 12.8 Å². The van der Waals surface area contributed by atoms with Crippen LogP contribution in [0.3, 0.4) is 0 Å². The van der Waals surface area contributed by atoms with Crippen molar-refractivity contribution >= 4 is 5.97 Å². The summed E-state index contributed by atoms with van der Waals surface area (Å²) >= 11 is 0. The largest absolute Gasteiger partial charge is 0.459 e. The molecule has 0 aromatic heterocycles. The molecule has 5 heteroatoms. The van der Waals surface area contributed by atoms with Crippen LogP contribution in [0.5, 0.6) is 0 Å². The molecule has 3 aliphatic heterocycles. The van der Waals surface area contributed by atoms with E-state index in [1.54, 1.807) is 0 Å². The second-order valence-corrected chi connectivity index (χ2v) is 8.40. The van der Waals surface area contributed by atoms with Crippen LogP contribution in [-0.4, -0.2) is 34.8 Å². The van der Waals surface area contributed by atoms with Crippen LogP contribution in [0.1, 0.15) is 58.3 Å². The first kappa shape index (κ1) is 12.7. The molecular weight excluding hydrogens is 284 g/mol. The number of hydrogen-bond donors (Lipinski definition) is 0. The summed E-state index contributed by atoms with van der Waals surface area (Å²) in [7, 11) is 0. The molecule has 3 saturated carbocycles. The Morgan fingerprint density at radius 1 is 1.09 bits per heavy atom. The predicted octanol–water partition coefficient (Wildman–Crippen LogP) is 2.27. The molecule has 3 bridgehead atoms. The zero-order valence-corrected chi connectivity index (χ0v) is 12.9. The highest BCUT2D eigenvalue weighted by Crippen LogP contribution is 2.73. The fourth-order valence-electron chi connectivity index (χ4n) is 7.10. The predicted molar refractivity (Wildman–Crippen MR) is 73.6 cm³/mol. The van der Waals surface area contributed by atoms with Crippen molar-refractivity contribution in [2.24, 2.45) is 11.8 Å². The lowest BCUT2D eigenvalue weighted by Crippen LogP contribution is -2.76. The van der Waals surface area contributed by atoms with Gasteiger partial charge in [-0.05, 0) is 25.7 Å². The lowest BCUT2D eigenvalue weighted by Gasteiger charge is -2.63. The van der Waals surface area contributed by atoms with E-state index in [1.165, 1.54) is 0 Å². The second kappa shape index (κ2) is 3.40. The lowest BCUT2D eigenvalue weighted by atomic mass is 9.51. The first-order valence-corrected chi connectivity index (χ1v) is 8.81. The molecule has 3 saturated heterocycles. The van der Waals surface area contributed by atoms with Gasteiger partial charge in [-0.25, -0.2) is 0 Å². The van der Waals surface area contributed by atoms with Crippen LogP contribution in [0.2, 0.25) is 0 Å². The highest BCUT2D eigenvalue weighted by Gasteiger charge is 2.85. The summed E-state index contributed by atoms with van der Waals surface area (Å²) in [6.07, 6.45) is 7.61. The van der Waals surface area contributed by atoms with E-state index in [9.17, 15) is 4.79 Å². The molecule has 0 amide bonds. The summed E-state index contributed by atoms with van der Waals surface area (Å²) in [5, 5.41) is 0. The minimum Gasteiger partial charge on any atom is -0.459 e. The lowest BCUT2D eigenvalue weighted by molar-refractivity contribution is -0.407. The quantitative estimate of drug-likeness (QED) is 0.643. The van der Waals surface area contributed by atoms with Crippen LogP contribution in [0.15, 0.2) is 0 Å². The Bertz CT molecular complexity index is 592. The molecule has 0 aromatic carbocycles. The smallest absolute Gasteiger partial charge is 0.306 e. The summed E-state index contributed by atoms with van der Waals surface area (Å²) < 4.78 is 25.4. The van der Waals surface area contributed by atoms with E-state index in [2.05, 4.69) is 0 Å². The molecule has 3 spiro atoms. The molecule has 120 valence electrons. The van der Waals surface area contributed by atoms with E-state index in [4.69, 9.17) is 18.9 Å². The SMILES string of the molecule is CC12OC34CCCC3C3OC(=O)CC5CCCC(C4)(O1)C53O2. The maximum Gasteiger partial charge on any atom is 0.306 e. The summed E-state index contributed by atoms with van der Waals surface area (Å²) in [6, 6.07) is 0. The Hall–Kier alpha value is -0.650. The summed E-state index contributed by atoms with van der Waals surface area (Å²) in [4.78, 5) is 12.2. The van der Waals surface area contributed by atoms with Crippen molar-refractivity contribution in [1.82, 2.24) is 0 Å². The van der Waals surface area contributed by atoms with Crippen molar-refractivity contribution in [2.45, 2.75) is 87.2 Å². The van der Waals surface area contributed by atoms with Crippen molar-refractivity contribution in [3.63, 3.8) is 0 Å². The van der Waals surface area contributed by atoms with Crippen molar-refractivity contribution in [3.05, 3.63) is 0 Å². The fraction of sp³-hybridized carbons (Fsp3) is 0.941. The Balaban J connectivity index is 1.63. The molecule has 5 nitrogen and oxygen atoms in total. The first-order chi connectivity index (χ1) is 10.5. The molecular formula is C17H22O5. The number of hydrogen-bond acceptors (Lipinski definition) is 5. The van der Waals surface area contributed by atoms with Gasteiger partial charge in [0.05, 0.1) is 12.0 Å². The Morgan fingerprint density at radius 3 is 2.86 bits per heavy atom. The highest BCUT2D eigenvalue weighted by molar-refractivity contribution is 5.72. The molecule has 6 aliphatic rings. The number of esters is 1. The molecule has 3 aliphatic carbocycles. The van der Waals surface area contributed by atoms with Gasteiger partial charge in [0.25, 0.3) is 5.97 Å². The minimum absolute atomic E-state index is 0.0572. The molecule has 6 fully saturated rings. The monoisotopic (exact) mass is 306 g/mol. The van der Waals surface area contributed by atoms with Gasteiger partial charge in [0, 0.05) is 25.2 Å². The van der Waals surface area contributed by atoms with E-state index in [-0.39, 0.29) is 35.1 Å². The van der Waals surface area contributed by atoms with Crippen LogP contribution < -0.4 is 0 Å². The fourth-order valence-corrected chi connectivity index (χ4v) is 7.10. The van der Waals surface area contributed by atoms with Gasteiger partial charge >= 0.3 is 5.97 Å². The molecule has 7 atom stereocenters. The van der Waals surface area contributed by atoms with Crippen LogP contribution in [0.4, 0.5) is 0 Å². The Kier molecular flexibility index (Phi) is 1.97. The standard InChI is InChI=1S/C17H22O5/c1-14-20-15-6-3-5-11(15)13-17(22-14)10(8-12(18)19-13)4-2-7-16(17,9-15)21-14/h10-11,13H,2-9H2,1H3. The zero-order valence-electron chi connectivity index (χ0n) is 12.9. The molecule has 0 radical (unpaired) electrons. The van der Waals surface area contributed by atoms with Gasteiger partial charge in [-0.2, -0.15) is 0 Å². The Morgan fingerprint density at radius 2 is 1.95 bits per heavy atom. The van der Waals surface area contributed by atoms with Gasteiger partial charge in [-0.15, -0.1) is 0 Å². The van der Waals surface area contributed by atoms with Gasteiger partial charge in [0.1, 0.15) is 17.3 Å². The number of rotatable bonds is 0. The van der Waals surface area contributed by atoms with Crippen LogP contribution >= 0.6 is 0 Å². The minimum atomic E-state index is -0.956. The number of carbonyl (C=O) groups excluding carboxylic acids is 1. The molecule has 7 unspecified atom stereocenters. The topological polar surface area (TPSA) is 54.0 Å². The summed E-state index contributed by atoms with van der Waals surface area (Å²) in [6.45, 7) is 1.92. The third-order valence-electron chi connectivity index (χ3n) is 7.41. The maximum absolute atomic E-state index is 12.2. The van der Waals surface area contributed by atoms with E-state index in [0.717, 1.165) is 44.9 Å². The van der Waals surface area contributed by atoms with E-state index in [1.807, 2.05) is 6.92 Å². The third-order valence-corrected chi connectivity index (χ3v) is 7.41. The average molecular weight is 306 g/mol. The highest BCUT2D eigenvalue weighted by atomic mass is 16.9. The maximum atomic E-state index is 12.2. The zero-order chi connectivity index (χ0) is 14.8. The van der Waals surface area contributed by atoms with Gasteiger partial charge < -0.3 is 18.9 Å². The Labute approximate surface area is 129 Å². The number of carbonyl (C=O) groups is 1. The van der Waals surface area contributed by atoms with Crippen molar-refractivity contribution in [3.8, 4) is 0 Å². The third kappa shape index (κ3) is 1.12. The summed E-state index contributed by atoms with van der Waals surface area (Å²) in [5.74, 6) is -0.522. The van der Waals surface area contributed by atoms with Crippen LogP contribution in [0.25, 0.3) is 0 Å². The molecule has 0 N–H and O–H groups in total. The van der Waals surface area contributed by atoms with Gasteiger partial charge in [-0.3, -0.25) is 4.79 Å². The molecule has 22 heavy (non-hydrogen) atoms.